The van der Waals surface area contributed by atoms with Crippen LogP contribution in [0.15, 0.2) is 70.7 Å². The van der Waals surface area contributed by atoms with E-state index in [1.165, 1.54) is 16.7 Å². The molecule has 0 saturated carbocycles. The van der Waals surface area contributed by atoms with E-state index in [4.69, 9.17) is 0 Å². The molecule has 5 nitrogen and oxygen atoms in total. The summed E-state index contributed by atoms with van der Waals surface area (Å²) in [5, 5.41) is 2.68. The van der Waals surface area contributed by atoms with Crippen LogP contribution in [0.4, 0.5) is 18.9 Å². The lowest BCUT2D eigenvalue weighted by Crippen LogP contribution is -2.39. The second kappa shape index (κ2) is 10.8. The van der Waals surface area contributed by atoms with Crippen LogP contribution in [0.25, 0.3) is 0 Å². The Hall–Kier alpha value is -3.33. The SMILES string of the molecule is CCCN(CC(=O)Nc1ccc(F)c(F)c1F)C(=O)c1cccnc1Sc1ccccc1. The molecular weight excluding hydrogens is 439 g/mol. The molecule has 9 heteroatoms. The maximum atomic E-state index is 13.9. The van der Waals surface area contributed by atoms with Gasteiger partial charge in [0, 0.05) is 17.6 Å². The van der Waals surface area contributed by atoms with Crippen LogP contribution >= 0.6 is 11.8 Å². The molecule has 0 saturated heterocycles. The van der Waals surface area contributed by atoms with Crippen LogP contribution in [0.5, 0.6) is 0 Å². The van der Waals surface area contributed by atoms with Gasteiger partial charge < -0.3 is 10.2 Å². The molecule has 32 heavy (non-hydrogen) atoms. The highest BCUT2D eigenvalue weighted by atomic mass is 32.2. The quantitative estimate of drug-likeness (QED) is 0.474. The van der Waals surface area contributed by atoms with Gasteiger partial charge in [0.05, 0.1) is 11.3 Å². The summed E-state index contributed by atoms with van der Waals surface area (Å²) < 4.78 is 40.4. The number of amides is 2. The van der Waals surface area contributed by atoms with Gasteiger partial charge >= 0.3 is 0 Å². The van der Waals surface area contributed by atoms with Crippen LogP contribution in [0.2, 0.25) is 0 Å². The molecule has 2 aromatic carbocycles. The summed E-state index contributed by atoms with van der Waals surface area (Å²) in [5.41, 5.74) is -0.180. The van der Waals surface area contributed by atoms with E-state index in [2.05, 4.69) is 10.3 Å². The molecule has 1 heterocycles. The molecule has 0 radical (unpaired) electrons. The summed E-state index contributed by atoms with van der Waals surface area (Å²) in [6.45, 7) is 1.71. The molecule has 0 bridgehead atoms. The molecule has 1 aromatic heterocycles. The van der Waals surface area contributed by atoms with Crippen molar-refractivity contribution in [2.75, 3.05) is 18.4 Å². The highest BCUT2D eigenvalue weighted by Gasteiger charge is 2.23. The molecule has 3 rings (SSSR count). The highest BCUT2D eigenvalue weighted by molar-refractivity contribution is 7.99. The van der Waals surface area contributed by atoms with Gasteiger partial charge in [-0.1, -0.05) is 36.9 Å². The zero-order valence-corrected chi connectivity index (χ0v) is 18.0. The Bertz CT molecular complexity index is 1110. The largest absolute Gasteiger partial charge is 0.329 e. The molecule has 0 spiro atoms. The van der Waals surface area contributed by atoms with Crippen molar-refractivity contribution >= 4 is 29.3 Å². The minimum atomic E-state index is -1.68. The van der Waals surface area contributed by atoms with Gasteiger partial charge in [-0.2, -0.15) is 0 Å². The first-order valence-corrected chi connectivity index (χ1v) is 10.6. The topological polar surface area (TPSA) is 62.3 Å². The first-order valence-electron chi connectivity index (χ1n) is 9.81. The summed E-state index contributed by atoms with van der Waals surface area (Å²) in [5.74, 6) is -5.69. The van der Waals surface area contributed by atoms with Crippen molar-refractivity contribution in [2.45, 2.75) is 23.3 Å². The van der Waals surface area contributed by atoms with E-state index in [0.717, 1.165) is 11.0 Å². The number of carbonyl (C=O) groups is 2. The van der Waals surface area contributed by atoms with E-state index >= 15 is 0 Å². The van der Waals surface area contributed by atoms with E-state index < -0.39 is 41.5 Å². The lowest BCUT2D eigenvalue weighted by molar-refractivity contribution is -0.116. The molecule has 0 aliphatic carbocycles. The fraction of sp³-hybridized carbons (Fsp3) is 0.174. The normalized spacial score (nSPS) is 10.6. The summed E-state index contributed by atoms with van der Waals surface area (Å²) >= 11 is 1.32. The second-order valence-corrected chi connectivity index (χ2v) is 7.83. The highest BCUT2D eigenvalue weighted by Crippen LogP contribution is 2.29. The van der Waals surface area contributed by atoms with Gasteiger partial charge in [-0.15, -0.1) is 0 Å². The zero-order valence-electron chi connectivity index (χ0n) is 17.1. The predicted molar refractivity (Wildman–Crippen MR) is 116 cm³/mol. The number of carbonyl (C=O) groups excluding carboxylic acids is 2. The van der Waals surface area contributed by atoms with Gasteiger partial charge in [0.1, 0.15) is 11.6 Å². The summed E-state index contributed by atoms with van der Waals surface area (Å²) in [6.07, 6.45) is 2.14. The number of benzene rings is 2. The third-order valence-corrected chi connectivity index (χ3v) is 5.41. The average Bonchev–Trinajstić information content (AvgIpc) is 2.80. The Labute approximate surface area is 187 Å². The third kappa shape index (κ3) is 5.67. The molecule has 1 N–H and O–H groups in total. The van der Waals surface area contributed by atoms with Gasteiger partial charge in [0.2, 0.25) is 5.91 Å². The monoisotopic (exact) mass is 459 g/mol. The van der Waals surface area contributed by atoms with Crippen molar-refractivity contribution in [3.8, 4) is 0 Å². The average molecular weight is 459 g/mol. The van der Waals surface area contributed by atoms with Gasteiger partial charge in [-0.3, -0.25) is 9.59 Å². The Kier molecular flexibility index (Phi) is 7.88. The van der Waals surface area contributed by atoms with Gasteiger partial charge in [-0.25, -0.2) is 18.2 Å². The standard InChI is InChI=1S/C23H20F3N3O2S/c1-2-13-29(14-19(30)28-18-11-10-17(24)20(25)21(18)26)23(31)16-9-6-12-27-22(16)32-15-7-4-3-5-8-15/h3-12H,2,13-14H2,1H3,(H,28,30). The van der Waals surface area contributed by atoms with Crippen LogP contribution in [0, 0.1) is 17.5 Å². The fourth-order valence-electron chi connectivity index (χ4n) is 2.91. The van der Waals surface area contributed by atoms with E-state index in [1.54, 1.807) is 18.3 Å². The molecule has 3 aromatic rings. The van der Waals surface area contributed by atoms with E-state index in [1.807, 2.05) is 37.3 Å². The smallest absolute Gasteiger partial charge is 0.257 e. The number of anilines is 1. The zero-order chi connectivity index (χ0) is 23.1. The lowest BCUT2D eigenvalue weighted by atomic mass is 10.2. The van der Waals surface area contributed by atoms with Crippen molar-refractivity contribution in [1.82, 2.24) is 9.88 Å². The number of nitrogens with zero attached hydrogens (tertiary/aromatic N) is 2. The van der Waals surface area contributed by atoms with Gasteiger partial charge in [0.15, 0.2) is 17.5 Å². The van der Waals surface area contributed by atoms with Crippen molar-refractivity contribution in [1.29, 1.82) is 0 Å². The lowest BCUT2D eigenvalue weighted by Gasteiger charge is -2.22. The minimum absolute atomic E-state index is 0.261. The van der Waals surface area contributed by atoms with Crippen molar-refractivity contribution < 1.29 is 22.8 Å². The number of aromatic nitrogens is 1. The van der Waals surface area contributed by atoms with Crippen LogP contribution in [0.1, 0.15) is 23.7 Å². The number of nitrogens with one attached hydrogen (secondary N) is 1. The van der Waals surface area contributed by atoms with Crippen LogP contribution in [-0.4, -0.2) is 34.8 Å². The maximum absolute atomic E-state index is 13.9. The summed E-state index contributed by atoms with van der Waals surface area (Å²) in [4.78, 5) is 32.2. The molecular formula is C23H20F3N3O2S. The molecule has 2 amide bonds. The fourth-order valence-corrected chi connectivity index (χ4v) is 3.81. The Morgan fingerprint density at radius 3 is 2.47 bits per heavy atom. The maximum Gasteiger partial charge on any atom is 0.257 e. The second-order valence-electron chi connectivity index (χ2n) is 6.77. The summed E-state index contributed by atoms with van der Waals surface area (Å²) in [7, 11) is 0. The first-order chi connectivity index (χ1) is 15.4. The van der Waals surface area contributed by atoms with E-state index in [-0.39, 0.29) is 6.54 Å². The van der Waals surface area contributed by atoms with Gasteiger partial charge in [0.25, 0.3) is 5.91 Å². The first kappa shape index (κ1) is 23.3. The van der Waals surface area contributed by atoms with Gasteiger partial charge in [-0.05, 0) is 42.8 Å². The van der Waals surface area contributed by atoms with Crippen molar-refractivity contribution in [2.24, 2.45) is 0 Å². The van der Waals surface area contributed by atoms with E-state index in [9.17, 15) is 22.8 Å². The van der Waals surface area contributed by atoms with Crippen LogP contribution in [-0.2, 0) is 4.79 Å². The van der Waals surface area contributed by atoms with Crippen LogP contribution in [0.3, 0.4) is 0 Å². The molecule has 0 aliphatic rings. The Morgan fingerprint density at radius 2 is 1.75 bits per heavy atom. The number of hydrogen-bond donors (Lipinski definition) is 1. The molecule has 0 aliphatic heterocycles. The predicted octanol–water partition coefficient (Wildman–Crippen LogP) is 5.14. The Morgan fingerprint density at radius 1 is 1.00 bits per heavy atom. The third-order valence-electron chi connectivity index (χ3n) is 4.38. The Balaban J connectivity index is 1.78. The molecule has 0 unspecified atom stereocenters. The number of pyridine rings is 1. The molecule has 0 fully saturated rings. The van der Waals surface area contributed by atoms with E-state index in [0.29, 0.717) is 23.1 Å². The number of rotatable bonds is 8. The number of halogens is 3. The number of hydrogen-bond acceptors (Lipinski definition) is 4. The van der Waals surface area contributed by atoms with Crippen molar-refractivity contribution in [3.63, 3.8) is 0 Å². The molecule has 0 atom stereocenters. The minimum Gasteiger partial charge on any atom is -0.329 e. The summed E-state index contributed by atoms with van der Waals surface area (Å²) in [6, 6.07) is 14.3. The van der Waals surface area contributed by atoms with Crippen LogP contribution < -0.4 is 5.32 Å². The van der Waals surface area contributed by atoms with Crippen molar-refractivity contribution in [3.05, 3.63) is 83.8 Å². The molecule has 166 valence electrons.